The van der Waals surface area contributed by atoms with Crippen LogP contribution in [0.2, 0.25) is 0 Å². The SMILES string of the molecule is COCCNC(=O)[C@@]1(OCc2cccc(OC)c2)CC(OCc2c(F)cccc2F)[C@H](O)[C@H](O)C1. The third-order valence-corrected chi connectivity index (χ3v) is 6.00. The normalized spacial score (nSPS) is 24.2. The van der Waals surface area contributed by atoms with Crippen molar-refractivity contribution in [2.45, 2.75) is 50.0 Å². The van der Waals surface area contributed by atoms with Gasteiger partial charge in [-0.15, -0.1) is 0 Å². The lowest BCUT2D eigenvalue weighted by Gasteiger charge is -2.44. The number of hydrogen-bond donors (Lipinski definition) is 3. The molecule has 0 spiro atoms. The zero-order valence-corrected chi connectivity index (χ0v) is 19.7. The Kier molecular flexibility index (Phi) is 9.53. The predicted octanol–water partition coefficient (Wildman–Crippen LogP) is 2.09. The molecule has 0 heterocycles. The average molecular weight is 496 g/mol. The highest BCUT2D eigenvalue weighted by molar-refractivity contribution is 5.85. The summed E-state index contributed by atoms with van der Waals surface area (Å²) in [5, 5.41) is 23.9. The molecule has 0 saturated heterocycles. The first-order chi connectivity index (χ1) is 16.8. The van der Waals surface area contributed by atoms with Crippen LogP contribution in [0.5, 0.6) is 5.75 Å². The van der Waals surface area contributed by atoms with Crippen LogP contribution in [0, 0.1) is 11.6 Å². The first kappa shape index (κ1) is 27.0. The summed E-state index contributed by atoms with van der Waals surface area (Å²) < 4.78 is 50.1. The van der Waals surface area contributed by atoms with Crippen LogP contribution < -0.4 is 10.1 Å². The highest BCUT2D eigenvalue weighted by Crippen LogP contribution is 2.36. The van der Waals surface area contributed by atoms with E-state index in [0.29, 0.717) is 5.75 Å². The predicted molar refractivity (Wildman–Crippen MR) is 122 cm³/mol. The van der Waals surface area contributed by atoms with Gasteiger partial charge in [-0.25, -0.2) is 8.78 Å². The number of amides is 1. The number of aliphatic hydroxyl groups excluding tert-OH is 2. The van der Waals surface area contributed by atoms with Crippen LogP contribution in [0.15, 0.2) is 42.5 Å². The monoisotopic (exact) mass is 495 g/mol. The largest absolute Gasteiger partial charge is 0.497 e. The molecule has 1 aliphatic carbocycles. The van der Waals surface area contributed by atoms with Crippen LogP contribution in [-0.4, -0.2) is 67.4 Å². The first-order valence-corrected chi connectivity index (χ1v) is 11.2. The highest BCUT2D eigenvalue weighted by atomic mass is 19.1. The van der Waals surface area contributed by atoms with Crippen LogP contribution in [-0.2, 0) is 32.2 Å². The molecule has 3 N–H and O–H groups in total. The minimum Gasteiger partial charge on any atom is -0.497 e. The van der Waals surface area contributed by atoms with Crippen molar-refractivity contribution in [3.8, 4) is 5.75 Å². The lowest BCUT2D eigenvalue weighted by Crippen LogP contribution is -2.60. The summed E-state index contributed by atoms with van der Waals surface area (Å²) >= 11 is 0. The van der Waals surface area contributed by atoms with Crippen molar-refractivity contribution in [2.75, 3.05) is 27.4 Å². The second kappa shape index (κ2) is 12.4. The van der Waals surface area contributed by atoms with E-state index < -0.39 is 48.1 Å². The molecule has 2 aromatic rings. The Labute approximate surface area is 202 Å². The van der Waals surface area contributed by atoms with E-state index in [9.17, 15) is 23.8 Å². The number of ether oxygens (including phenoxy) is 4. The third-order valence-electron chi connectivity index (χ3n) is 6.00. The van der Waals surface area contributed by atoms with Gasteiger partial charge in [0.05, 0.1) is 39.1 Å². The van der Waals surface area contributed by atoms with Crippen molar-refractivity contribution >= 4 is 5.91 Å². The van der Waals surface area contributed by atoms with Crippen molar-refractivity contribution < 1.29 is 42.7 Å². The van der Waals surface area contributed by atoms with E-state index >= 15 is 0 Å². The number of carbonyl (C=O) groups excluding carboxylic acids is 1. The fraction of sp³-hybridized carbons (Fsp3) is 0.480. The highest BCUT2D eigenvalue weighted by Gasteiger charge is 2.51. The van der Waals surface area contributed by atoms with E-state index in [0.717, 1.165) is 17.7 Å². The minimum absolute atomic E-state index is 0.00632. The summed E-state index contributed by atoms with van der Waals surface area (Å²) in [6.07, 6.45) is -4.24. The zero-order valence-electron chi connectivity index (χ0n) is 19.7. The van der Waals surface area contributed by atoms with E-state index in [-0.39, 0.29) is 38.2 Å². The molecular weight excluding hydrogens is 464 g/mol. The molecule has 0 radical (unpaired) electrons. The summed E-state index contributed by atoms with van der Waals surface area (Å²) in [5.41, 5.74) is -1.17. The minimum atomic E-state index is -1.58. The van der Waals surface area contributed by atoms with E-state index in [1.54, 1.807) is 24.3 Å². The molecule has 1 amide bonds. The Morgan fingerprint density at radius 1 is 1.09 bits per heavy atom. The van der Waals surface area contributed by atoms with Crippen LogP contribution >= 0.6 is 0 Å². The number of rotatable bonds is 11. The number of methoxy groups -OCH3 is 2. The van der Waals surface area contributed by atoms with Gasteiger partial charge in [0.25, 0.3) is 5.91 Å². The number of halogens is 2. The summed E-state index contributed by atoms with van der Waals surface area (Å²) in [7, 11) is 3.03. The Balaban J connectivity index is 1.82. The molecule has 0 aliphatic heterocycles. The Morgan fingerprint density at radius 2 is 1.80 bits per heavy atom. The van der Waals surface area contributed by atoms with E-state index in [1.807, 2.05) is 0 Å². The van der Waals surface area contributed by atoms with Crippen molar-refractivity contribution in [1.82, 2.24) is 5.32 Å². The molecule has 10 heteroatoms. The fourth-order valence-electron chi connectivity index (χ4n) is 4.03. The van der Waals surface area contributed by atoms with Gasteiger partial charge < -0.3 is 34.5 Å². The van der Waals surface area contributed by atoms with Crippen molar-refractivity contribution in [1.29, 1.82) is 0 Å². The molecule has 3 rings (SSSR count). The smallest absolute Gasteiger partial charge is 0.252 e. The Hall–Kier alpha value is -2.63. The van der Waals surface area contributed by atoms with Crippen molar-refractivity contribution in [2.24, 2.45) is 0 Å². The maximum absolute atomic E-state index is 14.1. The molecule has 1 unspecified atom stereocenters. The van der Waals surface area contributed by atoms with E-state index in [4.69, 9.17) is 18.9 Å². The van der Waals surface area contributed by atoms with Gasteiger partial charge in [0.15, 0.2) is 5.60 Å². The lowest BCUT2D eigenvalue weighted by atomic mass is 9.78. The maximum Gasteiger partial charge on any atom is 0.252 e. The molecule has 2 aromatic carbocycles. The second-order valence-corrected chi connectivity index (χ2v) is 8.40. The Bertz CT molecular complexity index is 972. The number of hydrogen-bond acceptors (Lipinski definition) is 7. The maximum atomic E-state index is 14.1. The van der Waals surface area contributed by atoms with Crippen LogP contribution in [0.1, 0.15) is 24.0 Å². The van der Waals surface area contributed by atoms with Gasteiger partial charge in [-0.2, -0.15) is 0 Å². The van der Waals surface area contributed by atoms with Gasteiger partial charge in [-0.1, -0.05) is 18.2 Å². The molecule has 35 heavy (non-hydrogen) atoms. The number of carbonyl (C=O) groups is 1. The molecule has 1 saturated carbocycles. The zero-order chi connectivity index (χ0) is 25.4. The molecule has 1 aliphatic rings. The third kappa shape index (κ3) is 6.74. The molecule has 4 atom stereocenters. The molecular formula is C25H31F2NO7. The van der Waals surface area contributed by atoms with Crippen LogP contribution in [0.4, 0.5) is 8.78 Å². The number of benzene rings is 2. The van der Waals surface area contributed by atoms with Gasteiger partial charge in [-0.3, -0.25) is 4.79 Å². The van der Waals surface area contributed by atoms with Gasteiger partial charge in [0.1, 0.15) is 23.5 Å². The standard InChI is InChI=1S/C25H31F2NO7/c1-32-10-9-28-24(31)25(35-14-16-5-3-6-17(11-16)33-2)12-21(29)23(30)22(13-25)34-15-18-19(26)7-4-8-20(18)27/h3-8,11,21-23,29-30H,9-10,12-15H2,1-2H3,(H,28,31)/t21-,22?,23-,25+/m1/s1. The molecule has 1 fully saturated rings. The number of nitrogens with one attached hydrogen (secondary N) is 1. The van der Waals surface area contributed by atoms with Crippen LogP contribution in [0.3, 0.4) is 0 Å². The van der Waals surface area contributed by atoms with Gasteiger partial charge in [-0.05, 0) is 29.8 Å². The van der Waals surface area contributed by atoms with Gasteiger partial charge in [0, 0.05) is 32.1 Å². The molecule has 0 aromatic heterocycles. The molecule has 0 bridgehead atoms. The summed E-state index contributed by atoms with van der Waals surface area (Å²) in [6, 6.07) is 10.5. The second-order valence-electron chi connectivity index (χ2n) is 8.40. The van der Waals surface area contributed by atoms with Crippen molar-refractivity contribution in [3.05, 3.63) is 65.2 Å². The summed E-state index contributed by atoms with van der Waals surface area (Å²) in [4.78, 5) is 13.2. The summed E-state index contributed by atoms with van der Waals surface area (Å²) in [6.45, 7) is -0.0316. The fourth-order valence-corrected chi connectivity index (χ4v) is 4.03. The molecule has 8 nitrogen and oxygen atoms in total. The van der Waals surface area contributed by atoms with Gasteiger partial charge >= 0.3 is 0 Å². The van der Waals surface area contributed by atoms with E-state index in [2.05, 4.69) is 5.32 Å². The van der Waals surface area contributed by atoms with Crippen LogP contribution in [0.25, 0.3) is 0 Å². The molecule has 192 valence electrons. The van der Waals surface area contributed by atoms with Crippen molar-refractivity contribution in [3.63, 3.8) is 0 Å². The quantitative estimate of drug-likeness (QED) is 0.410. The first-order valence-electron chi connectivity index (χ1n) is 11.2. The summed E-state index contributed by atoms with van der Waals surface area (Å²) in [5.74, 6) is -1.51. The van der Waals surface area contributed by atoms with E-state index in [1.165, 1.54) is 20.3 Å². The number of aliphatic hydroxyl groups is 2. The average Bonchev–Trinajstić information content (AvgIpc) is 2.85. The Morgan fingerprint density at radius 3 is 2.49 bits per heavy atom. The van der Waals surface area contributed by atoms with Gasteiger partial charge in [0.2, 0.25) is 0 Å². The topological polar surface area (TPSA) is 106 Å². The lowest BCUT2D eigenvalue weighted by molar-refractivity contribution is -0.200.